The van der Waals surface area contributed by atoms with Crippen LogP contribution >= 0.6 is 0 Å². The molecule has 0 N–H and O–H groups in total. The minimum Gasteiger partial charge on any atom is -0.490 e. The van der Waals surface area contributed by atoms with Gasteiger partial charge in [-0.2, -0.15) is 13.1 Å². The second-order valence-electron chi connectivity index (χ2n) is 7.07. The van der Waals surface area contributed by atoms with Crippen LogP contribution in [0.5, 0.6) is 11.5 Å². The van der Waals surface area contributed by atoms with Gasteiger partial charge in [-0.05, 0) is 24.3 Å². The van der Waals surface area contributed by atoms with Crippen LogP contribution in [0.4, 0.5) is 14.5 Å². The summed E-state index contributed by atoms with van der Waals surface area (Å²) in [6.45, 7) is -2.89. The van der Waals surface area contributed by atoms with Crippen molar-refractivity contribution < 1.29 is 36.4 Å². The molecule has 1 amide bonds. The first-order chi connectivity index (χ1) is 16.1. The van der Waals surface area contributed by atoms with Crippen LogP contribution in [0, 0.1) is 10.1 Å². The van der Waals surface area contributed by atoms with E-state index in [0.717, 1.165) is 10.4 Å². The molecular weight excluding hydrogens is 476 g/mol. The largest absolute Gasteiger partial charge is 0.490 e. The van der Waals surface area contributed by atoms with Crippen LogP contribution in [0.2, 0.25) is 0 Å². The van der Waals surface area contributed by atoms with Gasteiger partial charge in [0.15, 0.2) is 5.75 Å². The van der Waals surface area contributed by atoms with E-state index >= 15 is 0 Å². The third kappa shape index (κ3) is 5.66. The summed E-state index contributed by atoms with van der Waals surface area (Å²) in [7, 11) is -2.79. The number of halogens is 2. The first-order valence-electron chi connectivity index (χ1n) is 9.97. The predicted molar refractivity (Wildman–Crippen MR) is 117 cm³/mol. The quantitative estimate of drug-likeness (QED) is 0.313. The van der Waals surface area contributed by atoms with Gasteiger partial charge in [0.05, 0.1) is 16.9 Å². The Morgan fingerprint density at radius 1 is 1.12 bits per heavy atom. The summed E-state index contributed by atoms with van der Waals surface area (Å²) in [5.41, 5.74) is -0.183. The van der Waals surface area contributed by atoms with Crippen molar-refractivity contribution >= 4 is 27.7 Å². The van der Waals surface area contributed by atoms with Crippen LogP contribution in [0.25, 0.3) is 6.08 Å². The van der Waals surface area contributed by atoms with Gasteiger partial charge in [0, 0.05) is 43.9 Å². The highest BCUT2D eigenvalue weighted by Gasteiger charge is 2.31. The number of nitro benzene ring substituents is 1. The summed E-state index contributed by atoms with van der Waals surface area (Å²) in [6, 6.07) is 9.37. The molecule has 2 aromatic rings. The summed E-state index contributed by atoms with van der Waals surface area (Å²) >= 11 is 0. The van der Waals surface area contributed by atoms with Crippen LogP contribution in [-0.4, -0.2) is 68.4 Å². The van der Waals surface area contributed by atoms with Crippen LogP contribution in [-0.2, 0) is 14.8 Å². The Hall–Kier alpha value is -3.58. The molecule has 0 bridgehead atoms. The Bertz CT molecular complexity index is 1200. The van der Waals surface area contributed by atoms with Gasteiger partial charge in [-0.1, -0.05) is 18.2 Å². The van der Waals surface area contributed by atoms with E-state index in [0.29, 0.717) is 5.56 Å². The molecule has 0 unspecified atom stereocenters. The van der Waals surface area contributed by atoms with Gasteiger partial charge in [0.1, 0.15) is 5.75 Å². The standard InChI is InChI=1S/C21H21F2N3O7S/c1-32-19-8-7-16(14-17(19)26(28)29)34(30,31)25-12-10-24(11-13-25)20(27)9-6-15-4-2-3-5-18(15)33-21(22)23/h2-9,14,21H,10-13H2,1H3/b9-6+. The molecule has 0 atom stereocenters. The Balaban J connectivity index is 1.67. The maximum absolute atomic E-state index is 12.9. The van der Waals surface area contributed by atoms with Crippen molar-refractivity contribution in [2.24, 2.45) is 0 Å². The molecular formula is C21H21F2N3O7S. The Morgan fingerprint density at radius 3 is 2.41 bits per heavy atom. The Labute approximate surface area is 194 Å². The van der Waals surface area contributed by atoms with E-state index in [1.807, 2.05) is 0 Å². The molecule has 10 nitrogen and oxygen atoms in total. The lowest BCUT2D eigenvalue weighted by molar-refractivity contribution is -0.386. The van der Waals surface area contributed by atoms with Gasteiger partial charge in [0.2, 0.25) is 15.9 Å². The zero-order chi connectivity index (χ0) is 24.9. The zero-order valence-corrected chi connectivity index (χ0v) is 18.8. The summed E-state index contributed by atoms with van der Waals surface area (Å²) < 4.78 is 61.4. The average Bonchev–Trinajstić information content (AvgIpc) is 2.82. The molecule has 1 aliphatic heterocycles. The van der Waals surface area contributed by atoms with Crippen molar-refractivity contribution in [3.63, 3.8) is 0 Å². The maximum atomic E-state index is 12.9. The van der Waals surface area contributed by atoms with E-state index < -0.39 is 33.2 Å². The second kappa shape index (κ2) is 10.6. The number of sulfonamides is 1. The molecule has 1 aliphatic rings. The molecule has 1 heterocycles. The molecule has 1 saturated heterocycles. The Morgan fingerprint density at radius 2 is 1.79 bits per heavy atom. The minimum atomic E-state index is -4.03. The minimum absolute atomic E-state index is 0.0210. The van der Waals surface area contributed by atoms with Gasteiger partial charge >= 0.3 is 12.3 Å². The lowest BCUT2D eigenvalue weighted by Gasteiger charge is -2.33. The number of alkyl halides is 2. The van der Waals surface area contributed by atoms with Crippen molar-refractivity contribution in [3.8, 4) is 11.5 Å². The van der Waals surface area contributed by atoms with Crippen molar-refractivity contribution in [1.82, 2.24) is 9.21 Å². The lowest BCUT2D eigenvalue weighted by atomic mass is 10.2. The number of para-hydroxylation sites is 1. The third-order valence-electron chi connectivity index (χ3n) is 5.08. The molecule has 1 fully saturated rings. The van der Waals surface area contributed by atoms with E-state index in [1.165, 1.54) is 54.5 Å². The first-order valence-corrected chi connectivity index (χ1v) is 11.4. The number of benzene rings is 2. The highest BCUT2D eigenvalue weighted by atomic mass is 32.2. The highest BCUT2D eigenvalue weighted by Crippen LogP contribution is 2.31. The van der Waals surface area contributed by atoms with Gasteiger partial charge in [-0.3, -0.25) is 14.9 Å². The number of nitrogens with zero attached hydrogens (tertiary/aromatic N) is 3. The number of hydrogen-bond acceptors (Lipinski definition) is 7. The molecule has 0 saturated carbocycles. The lowest BCUT2D eigenvalue weighted by Crippen LogP contribution is -2.50. The monoisotopic (exact) mass is 497 g/mol. The molecule has 34 heavy (non-hydrogen) atoms. The molecule has 0 radical (unpaired) electrons. The summed E-state index contributed by atoms with van der Waals surface area (Å²) in [4.78, 5) is 24.2. The zero-order valence-electron chi connectivity index (χ0n) is 18.0. The fourth-order valence-corrected chi connectivity index (χ4v) is 4.80. The first kappa shape index (κ1) is 25.1. The van der Waals surface area contributed by atoms with Gasteiger partial charge < -0.3 is 14.4 Å². The average molecular weight is 497 g/mol. The molecule has 0 aromatic heterocycles. The molecule has 0 aliphatic carbocycles. The van der Waals surface area contributed by atoms with Crippen molar-refractivity contribution in [1.29, 1.82) is 0 Å². The third-order valence-corrected chi connectivity index (χ3v) is 6.97. The van der Waals surface area contributed by atoms with Crippen molar-refractivity contribution in [2.75, 3.05) is 33.3 Å². The number of methoxy groups -OCH3 is 1. The number of carbonyl (C=O) groups excluding carboxylic acids is 1. The molecule has 0 spiro atoms. The molecule has 13 heteroatoms. The van der Waals surface area contributed by atoms with Crippen molar-refractivity contribution in [3.05, 3.63) is 64.2 Å². The molecule has 2 aromatic carbocycles. The number of ether oxygens (including phenoxy) is 2. The van der Waals surface area contributed by atoms with Gasteiger partial charge in [0.25, 0.3) is 0 Å². The number of carbonyl (C=O) groups is 1. The number of nitro groups is 1. The summed E-state index contributed by atoms with van der Waals surface area (Å²) in [5, 5.41) is 11.2. The van der Waals surface area contributed by atoms with E-state index in [2.05, 4.69) is 4.74 Å². The molecule has 182 valence electrons. The number of rotatable bonds is 8. The smallest absolute Gasteiger partial charge is 0.387 e. The van der Waals surface area contributed by atoms with Crippen LogP contribution in [0.3, 0.4) is 0 Å². The van der Waals surface area contributed by atoms with Gasteiger partial charge in [-0.25, -0.2) is 8.42 Å². The van der Waals surface area contributed by atoms with Crippen molar-refractivity contribution in [2.45, 2.75) is 11.5 Å². The fourth-order valence-electron chi connectivity index (χ4n) is 3.36. The predicted octanol–water partition coefficient (Wildman–Crippen LogP) is 2.75. The topological polar surface area (TPSA) is 119 Å². The van der Waals surface area contributed by atoms with Crippen LogP contribution < -0.4 is 9.47 Å². The number of hydrogen-bond donors (Lipinski definition) is 0. The summed E-state index contributed by atoms with van der Waals surface area (Å²) in [6.07, 6.45) is 2.55. The van der Waals surface area contributed by atoms with Gasteiger partial charge in [-0.15, -0.1) is 0 Å². The fraction of sp³-hybridized carbons (Fsp3) is 0.286. The van der Waals surface area contributed by atoms with E-state index in [-0.39, 0.29) is 42.6 Å². The number of amides is 1. The second-order valence-corrected chi connectivity index (χ2v) is 9.01. The number of piperazine rings is 1. The SMILES string of the molecule is COc1ccc(S(=O)(=O)N2CCN(C(=O)/C=C/c3ccccc3OC(F)F)CC2)cc1[N+](=O)[O-]. The van der Waals surface area contributed by atoms with E-state index in [1.54, 1.807) is 6.07 Å². The summed E-state index contributed by atoms with van der Waals surface area (Å²) in [5.74, 6) is -0.568. The Kier molecular flexibility index (Phi) is 7.79. The van der Waals surface area contributed by atoms with Crippen LogP contribution in [0.15, 0.2) is 53.4 Å². The highest BCUT2D eigenvalue weighted by molar-refractivity contribution is 7.89. The van der Waals surface area contributed by atoms with Crippen LogP contribution in [0.1, 0.15) is 5.56 Å². The normalized spacial score (nSPS) is 15.0. The van der Waals surface area contributed by atoms with E-state index in [4.69, 9.17) is 4.74 Å². The maximum Gasteiger partial charge on any atom is 0.387 e. The molecule has 3 rings (SSSR count). The van der Waals surface area contributed by atoms with E-state index in [9.17, 15) is 32.1 Å².